The number of fused-ring (bicyclic) bond motifs is 1. The van der Waals surface area contributed by atoms with Crippen LogP contribution in [-0.4, -0.2) is 42.9 Å². The molecule has 1 aromatic heterocycles. The molecule has 3 aromatic rings. The van der Waals surface area contributed by atoms with Crippen molar-refractivity contribution in [3.8, 4) is 11.6 Å². The first-order valence-electron chi connectivity index (χ1n) is 9.09. The van der Waals surface area contributed by atoms with Crippen LogP contribution in [0.2, 0.25) is 0 Å². The van der Waals surface area contributed by atoms with Gasteiger partial charge in [-0.25, -0.2) is 9.97 Å². The van der Waals surface area contributed by atoms with Crippen LogP contribution < -0.4 is 14.4 Å². The normalized spacial score (nSPS) is 17.1. The monoisotopic (exact) mass is 365 g/mol. The highest BCUT2D eigenvalue weighted by atomic mass is 16.5. The molecule has 6 nitrogen and oxygen atoms in total. The fourth-order valence-electron chi connectivity index (χ4n) is 3.30. The Morgan fingerprint density at radius 2 is 2.00 bits per heavy atom. The Kier molecular flexibility index (Phi) is 5.07. The van der Waals surface area contributed by atoms with Gasteiger partial charge in [-0.2, -0.15) is 0 Å². The van der Waals surface area contributed by atoms with Gasteiger partial charge in [0.1, 0.15) is 18.7 Å². The number of hydrogen-bond acceptors (Lipinski definition) is 6. The van der Waals surface area contributed by atoms with E-state index in [0.717, 1.165) is 47.7 Å². The van der Waals surface area contributed by atoms with Gasteiger partial charge in [-0.05, 0) is 42.8 Å². The summed E-state index contributed by atoms with van der Waals surface area (Å²) < 4.78 is 16.7. The summed E-state index contributed by atoms with van der Waals surface area (Å²) in [6.45, 7) is 5.00. The van der Waals surface area contributed by atoms with Crippen LogP contribution in [0.25, 0.3) is 10.9 Å². The fraction of sp³-hybridized carbons (Fsp3) is 0.333. The molecule has 0 saturated carbocycles. The second-order valence-corrected chi connectivity index (χ2v) is 6.63. The Morgan fingerprint density at radius 1 is 1.15 bits per heavy atom. The van der Waals surface area contributed by atoms with Crippen molar-refractivity contribution in [2.45, 2.75) is 19.6 Å². The van der Waals surface area contributed by atoms with Gasteiger partial charge in [-0.15, -0.1) is 0 Å². The van der Waals surface area contributed by atoms with E-state index in [2.05, 4.69) is 33.9 Å². The van der Waals surface area contributed by atoms with Crippen molar-refractivity contribution in [1.82, 2.24) is 9.97 Å². The average molecular weight is 365 g/mol. The zero-order valence-corrected chi connectivity index (χ0v) is 15.6. The first-order valence-corrected chi connectivity index (χ1v) is 9.09. The smallest absolute Gasteiger partial charge is 0.224 e. The molecule has 140 valence electrons. The summed E-state index contributed by atoms with van der Waals surface area (Å²) in [4.78, 5) is 11.1. The third-order valence-electron chi connectivity index (χ3n) is 4.82. The predicted molar refractivity (Wildman–Crippen MR) is 104 cm³/mol. The fourth-order valence-corrected chi connectivity index (χ4v) is 3.30. The summed E-state index contributed by atoms with van der Waals surface area (Å²) in [5, 5.41) is 0.913. The lowest BCUT2D eigenvalue weighted by atomic mass is 10.1. The van der Waals surface area contributed by atoms with Crippen LogP contribution in [0.5, 0.6) is 11.6 Å². The average Bonchev–Trinajstić information content (AvgIpc) is 2.72. The third-order valence-corrected chi connectivity index (χ3v) is 4.82. The Hall–Kier alpha value is -2.86. The van der Waals surface area contributed by atoms with Gasteiger partial charge in [0.2, 0.25) is 5.88 Å². The lowest BCUT2D eigenvalue weighted by Crippen LogP contribution is -2.43. The standard InChI is InChI=1S/C21H23N3O3/c1-15-12-26-10-9-24(15)17-5-8-19-20(11-17)22-14-23-21(19)27-13-16-3-6-18(25-2)7-4-16/h3-8,11,14-15H,9-10,12-13H2,1-2H3/t15-/m1/s1. The summed E-state index contributed by atoms with van der Waals surface area (Å²) in [6.07, 6.45) is 1.55. The first kappa shape index (κ1) is 17.5. The zero-order chi connectivity index (χ0) is 18.6. The van der Waals surface area contributed by atoms with Crippen LogP contribution in [0.4, 0.5) is 5.69 Å². The van der Waals surface area contributed by atoms with Crippen molar-refractivity contribution in [2.24, 2.45) is 0 Å². The van der Waals surface area contributed by atoms with Crippen molar-refractivity contribution in [2.75, 3.05) is 31.8 Å². The minimum atomic E-state index is 0.351. The molecule has 1 fully saturated rings. The maximum atomic E-state index is 5.96. The minimum Gasteiger partial charge on any atom is -0.497 e. The number of ether oxygens (including phenoxy) is 3. The Bertz CT molecular complexity index is 914. The molecule has 6 heteroatoms. The topological polar surface area (TPSA) is 56.7 Å². The second kappa shape index (κ2) is 7.80. The SMILES string of the molecule is COc1ccc(COc2ncnc3cc(N4CCOC[C@H]4C)ccc23)cc1. The number of anilines is 1. The minimum absolute atomic E-state index is 0.351. The molecule has 2 heterocycles. The molecule has 0 bridgehead atoms. The molecule has 0 N–H and O–H groups in total. The van der Waals surface area contributed by atoms with Gasteiger partial charge in [-0.3, -0.25) is 0 Å². The largest absolute Gasteiger partial charge is 0.497 e. The Morgan fingerprint density at radius 3 is 2.78 bits per heavy atom. The van der Waals surface area contributed by atoms with Gasteiger partial charge >= 0.3 is 0 Å². The lowest BCUT2D eigenvalue weighted by Gasteiger charge is -2.35. The lowest BCUT2D eigenvalue weighted by molar-refractivity contribution is 0.0989. The van der Waals surface area contributed by atoms with Crippen LogP contribution in [0.1, 0.15) is 12.5 Å². The van der Waals surface area contributed by atoms with E-state index >= 15 is 0 Å². The van der Waals surface area contributed by atoms with Crippen LogP contribution in [0.15, 0.2) is 48.8 Å². The van der Waals surface area contributed by atoms with E-state index in [1.807, 2.05) is 30.3 Å². The number of aromatic nitrogens is 2. The molecule has 0 unspecified atom stereocenters. The van der Waals surface area contributed by atoms with E-state index in [1.54, 1.807) is 13.4 Å². The molecule has 0 radical (unpaired) electrons. The highest BCUT2D eigenvalue weighted by Gasteiger charge is 2.19. The maximum Gasteiger partial charge on any atom is 0.224 e. The highest BCUT2D eigenvalue weighted by molar-refractivity contribution is 5.86. The van der Waals surface area contributed by atoms with Crippen molar-refractivity contribution < 1.29 is 14.2 Å². The molecule has 4 rings (SSSR count). The molecule has 2 aromatic carbocycles. The van der Waals surface area contributed by atoms with Gasteiger partial charge in [0.25, 0.3) is 0 Å². The number of hydrogen-bond donors (Lipinski definition) is 0. The quantitative estimate of drug-likeness (QED) is 0.690. The molecule has 0 amide bonds. The first-order chi connectivity index (χ1) is 13.2. The van der Waals surface area contributed by atoms with Gasteiger partial charge in [0.15, 0.2) is 0 Å². The number of morpholine rings is 1. The van der Waals surface area contributed by atoms with Crippen LogP contribution in [-0.2, 0) is 11.3 Å². The van der Waals surface area contributed by atoms with Crippen LogP contribution in [0, 0.1) is 0 Å². The summed E-state index contributed by atoms with van der Waals surface area (Å²) >= 11 is 0. The predicted octanol–water partition coefficient (Wildman–Crippen LogP) is 3.44. The molecule has 0 spiro atoms. The van der Waals surface area contributed by atoms with Gasteiger partial charge < -0.3 is 19.1 Å². The highest BCUT2D eigenvalue weighted by Crippen LogP contribution is 2.28. The van der Waals surface area contributed by atoms with Crippen LogP contribution >= 0.6 is 0 Å². The molecular formula is C21H23N3O3. The maximum absolute atomic E-state index is 5.96. The van der Waals surface area contributed by atoms with E-state index < -0.39 is 0 Å². The van der Waals surface area contributed by atoms with Gasteiger partial charge in [0.05, 0.1) is 31.2 Å². The van der Waals surface area contributed by atoms with Gasteiger partial charge in [0, 0.05) is 18.3 Å². The van der Waals surface area contributed by atoms with Crippen LogP contribution in [0.3, 0.4) is 0 Å². The molecule has 1 aliphatic rings. The van der Waals surface area contributed by atoms with E-state index in [1.165, 1.54) is 0 Å². The van der Waals surface area contributed by atoms with E-state index in [0.29, 0.717) is 18.5 Å². The Labute approximate surface area is 158 Å². The van der Waals surface area contributed by atoms with Crippen molar-refractivity contribution >= 4 is 16.6 Å². The zero-order valence-electron chi connectivity index (χ0n) is 15.6. The van der Waals surface area contributed by atoms with E-state index in [-0.39, 0.29) is 0 Å². The summed E-state index contributed by atoms with van der Waals surface area (Å²) in [5.41, 5.74) is 3.09. The van der Waals surface area contributed by atoms with Crippen molar-refractivity contribution in [3.63, 3.8) is 0 Å². The molecule has 0 aliphatic carbocycles. The van der Waals surface area contributed by atoms with E-state index in [4.69, 9.17) is 14.2 Å². The number of nitrogens with zero attached hydrogens (tertiary/aromatic N) is 3. The number of methoxy groups -OCH3 is 1. The third kappa shape index (κ3) is 3.80. The molecular weight excluding hydrogens is 342 g/mol. The number of rotatable bonds is 5. The molecule has 1 aliphatic heterocycles. The second-order valence-electron chi connectivity index (χ2n) is 6.63. The van der Waals surface area contributed by atoms with E-state index in [9.17, 15) is 0 Å². The summed E-state index contributed by atoms with van der Waals surface area (Å²) in [5.74, 6) is 1.42. The van der Waals surface area contributed by atoms with Crippen molar-refractivity contribution in [1.29, 1.82) is 0 Å². The summed E-state index contributed by atoms with van der Waals surface area (Å²) in [7, 11) is 1.66. The molecule has 27 heavy (non-hydrogen) atoms. The number of benzene rings is 2. The molecule has 1 atom stereocenters. The summed E-state index contributed by atoms with van der Waals surface area (Å²) in [6, 6.07) is 14.4. The molecule has 1 saturated heterocycles. The van der Waals surface area contributed by atoms with Gasteiger partial charge in [-0.1, -0.05) is 12.1 Å². The van der Waals surface area contributed by atoms with Crippen molar-refractivity contribution in [3.05, 3.63) is 54.4 Å². The Balaban J connectivity index is 1.54.